The summed E-state index contributed by atoms with van der Waals surface area (Å²) in [6.45, 7) is -0.201. The van der Waals surface area contributed by atoms with E-state index < -0.39 is 0 Å². The third-order valence-corrected chi connectivity index (χ3v) is 5.08. The zero-order valence-electron chi connectivity index (χ0n) is 12.8. The summed E-state index contributed by atoms with van der Waals surface area (Å²) >= 11 is 2.76. The second kappa shape index (κ2) is 8.25. The molecule has 2 atom stereocenters. The molecule has 0 aliphatic heterocycles. The first kappa shape index (κ1) is 17.7. The number of aliphatic imine (C=N–C) groups is 2. The van der Waals surface area contributed by atoms with E-state index in [1.165, 1.54) is 23.1 Å². The first-order valence-electron chi connectivity index (χ1n) is 7.25. The van der Waals surface area contributed by atoms with Crippen molar-refractivity contribution in [3.05, 3.63) is 21.2 Å². The van der Waals surface area contributed by atoms with Crippen LogP contribution >= 0.6 is 23.1 Å². The Morgan fingerprint density at radius 3 is 3.00 bits per heavy atom. The minimum Gasteiger partial charge on any atom is -0.370 e. The molecule has 0 radical (unpaired) electrons. The average molecular weight is 356 g/mol. The van der Waals surface area contributed by atoms with Crippen LogP contribution in [0.1, 0.15) is 37.3 Å². The smallest absolute Gasteiger partial charge is 0.250 e. The fourth-order valence-corrected chi connectivity index (χ4v) is 3.92. The second-order valence-corrected chi connectivity index (χ2v) is 7.04. The zero-order chi connectivity index (χ0) is 16.8. The second-order valence-electron chi connectivity index (χ2n) is 5.33. The number of hydrogen-bond acceptors (Lipinski definition) is 7. The molecule has 2 rings (SSSR count). The van der Waals surface area contributed by atoms with Crippen LogP contribution in [0.15, 0.2) is 15.4 Å². The molecule has 1 heterocycles. The monoisotopic (exact) mass is 356 g/mol. The molecule has 8 nitrogen and oxygen atoms in total. The van der Waals surface area contributed by atoms with Crippen LogP contribution in [-0.2, 0) is 0 Å². The molecule has 1 aliphatic carbocycles. The number of rotatable bonds is 5. The van der Waals surface area contributed by atoms with Crippen LogP contribution in [0, 0.1) is 10.1 Å². The Morgan fingerprint density at radius 1 is 1.57 bits per heavy atom. The molecule has 2 unspecified atom stereocenters. The van der Waals surface area contributed by atoms with E-state index in [9.17, 15) is 10.1 Å². The molecule has 1 saturated carbocycles. The molecule has 0 spiro atoms. The van der Waals surface area contributed by atoms with E-state index in [0.717, 1.165) is 31.4 Å². The Morgan fingerprint density at radius 2 is 2.35 bits per heavy atom. The molecular weight excluding hydrogens is 336 g/mol. The summed E-state index contributed by atoms with van der Waals surface area (Å²) in [6, 6.07) is 0.115. The molecule has 0 amide bonds. The van der Waals surface area contributed by atoms with Gasteiger partial charge in [-0.1, -0.05) is 6.42 Å². The van der Waals surface area contributed by atoms with Crippen LogP contribution in [0.4, 0.5) is 5.13 Å². The van der Waals surface area contributed by atoms with E-state index in [4.69, 9.17) is 11.5 Å². The van der Waals surface area contributed by atoms with Crippen molar-refractivity contribution >= 4 is 39.2 Å². The molecule has 4 N–H and O–H groups in total. The Balaban J connectivity index is 2.05. The number of nitrogens with two attached hydrogens (primary N) is 2. The largest absolute Gasteiger partial charge is 0.370 e. The standard InChI is InChI=1S/C13H20N6O2S2/c1-22-11(6-19(20)21)16-9-4-2-3-8(5-9)10-7-23-13(17-10)18-12(14)15/h7-9H,2-6H2,1H3,(H4,14,15,17,18). The Bertz CT molecular complexity index is 611. The van der Waals surface area contributed by atoms with Gasteiger partial charge in [-0.15, -0.1) is 23.1 Å². The highest BCUT2D eigenvalue weighted by atomic mass is 32.2. The van der Waals surface area contributed by atoms with E-state index in [1.54, 1.807) is 0 Å². The number of thiazole rings is 1. The zero-order valence-corrected chi connectivity index (χ0v) is 14.5. The van der Waals surface area contributed by atoms with Crippen molar-refractivity contribution in [1.29, 1.82) is 0 Å². The lowest BCUT2D eigenvalue weighted by molar-refractivity contribution is -0.462. The van der Waals surface area contributed by atoms with Gasteiger partial charge in [0.1, 0.15) is 5.04 Å². The summed E-state index contributed by atoms with van der Waals surface area (Å²) in [4.78, 5) is 23.3. The lowest BCUT2D eigenvalue weighted by Gasteiger charge is -2.25. The predicted octanol–water partition coefficient (Wildman–Crippen LogP) is 2.11. The third-order valence-electron chi connectivity index (χ3n) is 3.63. The van der Waals surface area contributed by atoms with Gasteiger partial charge in [-0.3, -0.25) is 15.1 Å². The highest BCUT2D eigenvalue weighted by molar-refractivity contribution is 8.13. The van der Waals surface area contributed by atoms with E-state index in [1.807, 2.05) is 11.6 Å². The van der Waals surface area contributed by atoms with Crippen LogP contribution in [0.25, 0.3) is 0 Å². The number of nitrogens with zero attached hydrogens (tertiary/aromatic N) is 4. The fourth-order valence-electron chi connectivity index (χ4n) is 2.65. The van der Waals surface area contributed by atoms with E-state index in [-0.39, 0.29) is 23.5 Å². The summed E-state index contributed by atoms with van der Waals surface area (Å²) in [5, 5.41) is 13.8. The van der Waals surface area contributed by atoms with Crippen molar-refractivity contribution in [2.24, 2.45) is 21.5 Å². The van der Waals surface area contributed by atoms with Gasteiger partial charge in [0.25, 0.3) is 6.54 Å². The van der Waals surface area contributed by atoms with Gasteiger partial charge in [-0.05, 0) is 25.5 Å². The quantitative estimate of drug-likeness (QED) is 0.359. The maximum absolute atomic E-state index is 10.7. The summed E-state index contributed by atoms with van der Waals surface area (Å²) in [5.74, 6) is 0.303. The third kappa shape index (κ3) is 5.47. The Hall–Kier alpha value is -1.68. The number of guanidine groups is 1. The van der Waals surface area contributed by atoms with E-state index in [2.05, 4.69) is 15.0 Å². The number of thioether (sulfide) groups is 1. The molecule has 1 aromatic heterocycles. The van der Waals surface area contributed by atoms with Crippen molar-refractivity contribution in [1.82, 2.24) is 4.98 Å². The van der Waals surface area contributed by atoms with Crippen LogP contribution in [0.3, 0.4) is 0 Å². The Labute approximate surface area is 142 Å². The van der Waals surface area contributed by atoms with Gasteiger partial charge < -0.3 is 11.5 Å². The van der Waals surface area contributed by atoms with E-state index >= 15 is 0 Å². The summed E-state index contributed by atoms with van der Waals surface area (Å²) in [7, 11) is 0. The average Bonchev–Trinajstić information content (AvgIpc) is 2.94. The highest BCUT2D eigenvalue weighted by Gasteiger charge is 2.25. The van der Waals surface area contributed by atoms with Crippen molar-refractivity contribution in [2.45, 2.75) is 37.6 Å². The van der Waals surface area contributed by atoms with Crippen molar-refractivity contribution in [3.63, 3.8) is 0 Å². The Kier molecular flexibility index (Phi) is 6.34. The number of hydrogen-bond donors (Lipinski definition) is 2. The topological polar surface area (TPSA) is 133 Å². The molecule has 1 fully saturated rings. The predicted molar refractivity (Wildman–Crippen MR) is 95.4 cm³/mol. The van der Waals surface area contributed by atoms with E-state index in [0.29, 0.717) is 16.1 Å². The van der Waals surface area contributed by atoms with Crippen molar-refractivity contribution < 1.29 is 4.92 Å². The van der Waals surface area contributed by atoms with Gasteiger partial charge in [-0.2, -0.15) is 4.99 Å². The van der Waals surface area contributed by atoms with Crippen LogP contribution in [-0.4, -0.2) is 39.8 Å². The van der Waals surface area contributed by atoms with Gasteiger partial charge >= 0.3 is 0 Å². The van der Waals surface area contributed by atoms with Crippen LogP contribution in [0.5, 0.6) is 0 Å². The normalized spacial score (nSPS) is 21.9. The minimum absolute atomic E-state index is 0.00131. The van der Waals surface area contributed by atoms with Crippen molar-refractivity contribution in [3.8, 4) is 0 Å². The summed E-state index contributed by atoms with van der Waals surface area (Å²) in [5.41, 5.74) is 11.7. The van der Waals surface area contributed by atoms with Gasteiger partial charge in [-0.25, -0.2) is 4.98 Å². The van der Waals surface area contributed by atoms with Crippen molar-refractivity contribution in [2.75, 3.05) is 12.8 Å². The maximum Gasteiger partial charge on any atom is 0.250 e. The maximum atomic E-state index is 10.7. The highest BCUT2D eigenvalue weighted by Crippen LogP contribution is 2.36. The van der Waals surface area contributed by atoms with Gasteiger partial charge in [0.05, 0.1) is 11.7 Å². The molecule has 23 heavy (non-hydrogen) atoms. The molecule has 0 aromatic carbocycles. The first-order valence-corrected chi connectivity index (χ1v) is 9.36. The lowest BCUT2D eigenvalue weighted by atomic mass is 9.84. The first-order chi connectivity index (χ1) is 11.0. The lowest BCUT2D eigenvalue weighted by Crippen LogP contribution is -2.22. The summed E-state index contributed by atoms with van der Waals surface area (Å²) < 4.78 is 0. The van der Waals surface area contributed by atoms with Crippen LogP contribution in [0.2, 0.25) is 0 Å². The molecule has 1 aromatic rings. The fraction of sp³-hybridized carbons (Fsp3) is 0.615. The molecule has 1 aliphatic rings. The number of nitro groups is 1. The molecule has 10 heteroatoms. The summed E-state index contributed by atoms with van der Waals surface area (Å²) in [6.07, 6.45) is 5.72. The molecule has 0 bridgehead atoms. The molecule has 0 saturated heterocycles. The van der Waals surface area contributed by atoms with Gasteiger partial charge in [0.15, 0.2) is 5.96 Å². The van der Waals surface area contributed by atoms with Gasteiger partial charge in [0.2, 0.25) is 5.13 Å². The van der Waals surface area contributed by atoms with Gasteiger partial charge in [0, 0.05) is 16.2 Å². The SMILES string of the molecule is CSC(C[N+](=O)[O-])=NC1CCCC(c2csc(N=C(N)N)n2)C1. The minimum atomic E-state index is -0.336. The molecule has 126 valence electrons. The molecular formula is C13H20N6O2S2. The van der Waals surface area contributed by atoms with Crippen LogP contribution < -0.4 is 11.5 Å². The number of aromatic nitrogens is 1.